The number of rotatable bonds is 18. The summed E-state index contributed by atoms with van der Waals surface area (Å²) >= 11 is 0. The Balaban J connectivity index is 1.00. The first-order valence-electron chi connectivity index (χ1n) is 24.7. The molecule has 2 unspecified atom stereocenters. The predicted octanol–water partition coefficient (Wildman–Crippen LogP) is 15.3. The summed E-state index contributed by atoms with van der Waals surface area (Å²) in [6, 6.07) is 12.6. The molecule has 53 heavy (non-hydrogen) atoms. The zero-order chi connectivity index (χ0) is 36.8. The van der Waals surface area contributed by atoms with Crippen LogP contribution in [0, 0.1) is 29.6 Å². The first-order valence-corrected chi connectivity index (χ1v) is 24.7. The molecule has 302 valence electrons. The molecule has 0 saturated heterocycles. The third kappa shape index (κ3) is 11.8. The van der Waals surface area contributed by atoms with E-state index in [2.05, 4.69) is 61.8 Å². The maximum atomic E-state index is 3.23. The zero-order valence-corrected chi connectivity index (χ0v) is 35.9. The summed E-state index contributed by atoms with van der Waals surface area (Å²) in [6.45, 7) is 11.4. The third-order valence-corrected chi connectivity index (χ3v) is 16.5. The fourth-order valence-corrected chi connectivity index (χ4v) is 13.2. The van der Waals surface area contributed by atoms with Crippen LogP contribution in [0.15, 0.2) is 24.3 Å². The normalized spacial score (nSPS) is 30.5. The summed E-state index contributed by atoms with van der Waals surface area (Å²) < 4.78 is 0. The Hall–Kier alpha value is -1.02. The number of fused-ring (bicyclic) bond motifs is 1. The maximum Gasteiger partial charge on any atom is 0.0404 e. The van der Waals surface area contributed by atoms with Crippen molar-refractivity contribution in [3.8, 4) is 0 Å². The number of unbranched alkanes of at least 4 members (excludes halogenated alkanes) is 4. The monoisotopic (exact) mass is 729 g/mol. The Bertz CT molecular complexity index is 1120. The van der Waals surface area contributed by atoms with Crippen LogP contribution < -0.4 is 4.90 Å². The van der Waals surface area contributed by atoms with E-state index in [1.807, 2.05) is 0 Å². The van der Waals surface area contributed by atoms with Gasteiger partial charge in [-0.05, 0) is 119 Å². The minimum atomic E-state index is 0.679. The molecule has 2 nitrogen and oxygen atoms in total. The molecular formula is C51H88N2. The lowest BCUT2D eigenvalue weighted by Crippen LogP contribution is -2.50. The molecule has 1 aromatic carbocycles. The van der Waals surface area contributed by atoms with Gasteiger partial charge in [-0.15, -0.1) is 0 Å². The van der Waals surface area contributed by atoms with Crippen LogP contribution in [0.5, 0.6) is 0 Å². The Morgan fingerprint density at radius 1 is 0.623 bits per heavy atom. The van der Waals surface area contributed by atoms with Crippen molar-refractivity contribution < 1.29 is 0 Å². The SMILES string of the molecule is CCCCCCN1c2ccccc2[C@@H](C)C1CCCCC1CCC(N([C@@H]2CCC[C@H](C3CCCCCC3)CC2)[C@@H](C)CCC(C)C2CCCCC2)CC1. The van der Waals surface area contributed by atoms with Gasteiger partial charge in [0.2, 0.25) is 0 Å². The van der Waals surface area contributed by atoms with Gasteiger partial charge >= 0.3 is 0 Å². The number of hydrogen-bond acceptors (Lipinski definition) is 2. The topological polar surface area (TPSA) is 6.48 Å². The Kier molecular flexibility index (Phi) is 17.3. The number of nitrogens with zero attached hydrogens (tertiary/aromatic N) is 2. The van der Waals surface area contributed by atoms with E-state index in [4.69, 9.17) is 0 Å². The molecule has 1 aromatic rings. The molecule has 0 spiro atoms. The highest BCUT2D eigenvalue weighted by molar-refractivity contribution is 5.61. The van der Waals surface area contributed by atoms with E-state index in [0.29, 0.717) is 12.0 Å². The predicted molar refractivity (Wildman–Crippen MR) is 232 cm³/mol. The lowest BCUT2D eigenvalue weighted by atomic mass is 9.78. The summed E-state index contributed by atoms with van der Waals surface area (Å²) in [5.41, 5.74) is 3.16. The van der Waals surface area contributed by atoms with Crippen molar-refractivity contribution in [2.45, 2.75) is 250 Å². The van der Waals surface area contributed by atoms with Crippen LogP contribution in [0.2, 0.25) is 0 Å². The highest BCUT2D eigenvalue weighted by Crippen LogP contribution is 2.44. The summed E-state index contributed by atoms with van der Waals surface area (Å²) in [6.07, 6.45) is 44.3. The molecule has 4 aliphatic carbocycles. The smallest absolute Gasteiger partial charge is 0.0404 e. The molecular weight excluding hydrogens is 641 g/mol. The molecule has 0 aromatic heterocycles. The molecule has 5 aliphatic rings. The fourth-order valence-electron chi connectivity index (χ4n) is 13.2. The molecule has 1 aliphatic heterocycles. The molecule has 2 heteroatoms. The second kappa shape index (κ2) is 22.1. The largest absolute Gasteiger partial charge is 0.368 e. The molecule has 0 N–H and O–H groups in total. The molecule has 4 saturated carbocycles. The highest BCUT2D eigenvalue weighted by Gasteiger charge is 2.37. The molecule has 1 heterocycles. The molecule has 6 atom stereocenters. The van der Waals surface area contributed by atoms with Crippen molar-refractivity contribution in [2.24, 2.45) is 29.6 Å². The van der Waals surface area contributed by atoms with Crippen molar-refractivity contribution in [2.75, 3.05) is 11.4 Å². The average molecular weight is 729 g/mol. The van der Waals surface area contributed by atoms with E-state index >= 15 is 0 Å². The summed E-state index contributed by atoms with van der Waals surface area (Å²) in [4.78, 5) is 6.06. The molecule has 6 rings (SSSR count). The van der Waals surface area contributed by atoms with E-state index in [0.717, 1.165) is 47.7 Å². The quantitative estimate of drug-likeness (QED) is 0.110. The lowest BCUT2D eigenvalue weighted by molar-refractivity contribution is 0.0370. The minimum absolute atomic E-state index is 0.679. The van der Waals surface area contributed by atoms with Gasteiger partial charge in [0.1, 0.15) is 0 Å². The zero-order valence-electron chi connectivity index (χ0n) is 35.9. The average Bonchev–Trinajstić information content (AvgIpc) is 3.47. The van der Waals surface area contributed by atoms with Crippen LogP contribution in [-0.2, 0) is 0 Å². The van der Waals surface area contributed by atoms with Crippen LogP contribution >= 0.6 is 0 Å². The molecule has 0 bridgehead atoms. The lowest BCUT2D eigenvalue weighted by Gasteiger charge is -2.45. The van der Waals surface area contributed by atoms with Crippen molar-refractivity contribution in [3.05, 3.63) is 29.8 Å². The van der Waals surface area contributed by atoms with E-state index < -0.39 is 0 Å². The van der Waals surface area contributed by atoms with Crippen LogP contribution in [0.25, 0.3) is 0 Å². The first kappa shape index (κ1) is 41.6. The summed E-state index contributed by atoms with van der Waals surface area (Å²) in [5.74, 6) is 5.68. The van der Waals surface area contributed by atoms with Crippen LogP contribution in [0.1, 0.15) is 232 Å². The van der Waals surface area contributed by atoms with Gasteiger partial charge in [0.25, 0.3) is 0 Å². The van der Waals surface area contributed by atoms with E-state index in [9.17, 15) is 0 Å². The van der Waals surface area contributed by atoms with Gasteiger partial charge < -0.3 is 4.90 Å². The number of benzene rings is 1. The number of para-hydroxylation sites is 1. The third-order valence-electron chi connectivity index (χ3n) is 16.5. The maximum absolute atomic E-state index is 3.23. The van der Waals surface area contributed by atoms with Crippen molar-refractivity contribution in [3.63, 3.8) is 0 Å². The van der Waals surface area contributed by atoms with E-state index in [1.54, 1.807) is 24.1 Å². The van der Waals surface area contributed by atoms with Gasteiger partial charge in [-0.3, -0.25) is 4.90 Å². The highest BCUT2D eigenvalue weighted by atomic mass is 15.2. The van der Waals surface area contributed by atoms with Crippen LogP contribution in [-0.4, -0.2) is 35.6 Å². The number of hydrogen-bond donors (Lipinski definition) is 0. The van der Waals surface area contributed by atoms with E-state index in [1.165, 1.54) is 186 Å². The Morgan fingerprint density at radius 3 is 2.04 bits per heavy atom. The van der Waals surface area contributed by atoms with Gasteiger partial charge in [0, 0.05) is 42.3 Å². The molecule has 0 amide bonds. The first-order chi connectivity index (χ1) is 26.0. The van der Waals surface area contributed by atoms with Crippen molar-refractivity contribution in [1.82, 2.24) is 4.90 Å². The van der Waals surface area contributed by atoms with Gasteiger partial charge in [-0.1, -0.05) is 161 Å². The van der Waals surface area contributed by atoms with Gasteiger partial charge in [0.15, 0.2) is 0 Å². The minimum Gasteiger partial charge on any atom is -0.368 e. The van der Waals surface area contributed by atoms with Gasteiger partial charge in [0.05, 0.1) is 0 Å². The standard InChI is InChI=1S/C51H88N2/c1-5-6-7-19-39-52-50(42(4)49-28-16-18-30-51(49)52)29-17-15-21-43-33-36-48(37-34-43)53(41(3)32-31-40(2)44-22-13-10-14-23-44)47-27-20-26-46(35-38-47)45-24-11-8-9-12-25-45/h16,18,28,30,40-48,50H,5-15,17,19-27,29,31-39H2,1-4H3/t40?,41-,42+,43?,46-,47+,48?,50?/m0/s1. The second-order valence-electron chi connectivity index (χ2n) is 20.1. The van der Waals surface area contributed by atoms with Crippen molar-refractivity contribution >= 4 is 5.69 Å². The molecule has 4 fully saturated rings. The summed E-state index contributed by atoms with van der Waals surface area (Å²) in [5, 5.41) is 0. The van der Waals surface area contributed by atoms with Gasteiger partial charge in [-0.2, -0.15) is 0 Å². The second-order valence-corrected chi connectivity index (χ2v) is 20.1. The van der Waals surface area contributed by atoms with E-state index in [-0.39, 0.29) is 0 Å². The Labute approximate surface area is 330 Å². The Morgan fingerprint density at radius 2 is 1.26 bits per heavy atom. The molecule has 0 radical (unpaired) electrons. The number of anilines is 1. The van der Waals surface area contributed by atoms with Crippen molar-refractivity contribution in [1.29, 1.82) is 0 Å². The van der Waals surface area contributed by atoms with Gasteiger partial charge in [-0.25, -0.2) is 0 Å². The van der Waals surface area contributed by atoms with Crippen LogP contribution in [0.4, 0.5) is 5.69 Å². The fraction of sp³-hybridized carbons (Fsp3) is 0.882. The van der Waals surface area contributed by atoms with Crippen LogP contribution in [0.3, 0.4) is 0 Å². The summed E-state index contributed by atoms with van der Waals surface area (Å²) in [7, 11) is 0.